The summed E-state index contributed by atoms with van der Waals surface area (Å²) in [4.78, 5) is 0. The Labute approximate surface area is 122 Å². The van der Waals surface area contributed by atoms with Gasteiger partial charge in [-0.3, -0.25) is 4.68 Å². The van der Waals surface area contributed by atoms with E-state index in [-0.39, 0.29) is 11.8 Å². The van der Waals surface area contributed by atoms with Crippen LogP contribution in [0.25, 0.3) is 0 Å². The Morgan fingerprint density at radius 3 is 2.65 bits per heavy atom. The van der Waals surface area contributed by atoms with E-state index in [1.54, 1.807) is 0 Å². The Hall–Kier alpha value is -0.880. The zero-order valence-electron chi connectivity index (χ0n) is 13.0. The monoisotopic (exact) mass is 301 g/mol. The van der Waals surface area contributed by atoms with Crippen LogP contribution in [0.15, 0.2) is 6.20 Å². The van der Waals surface area contributed by atoms with Gasteiger partial charge in [-0.15, -0.1) is 0 Å². The highest BCUT2D eigenvalue weighted by molar-refractivity contribution is 7.90. The molecular weight excluding hydrogens is 274 g/mol. The Morgan fingerprint density at radius 1 is 1.40 bits per heavy atom. The summed E-state index contributed by atoms with van der Waals surface area (Å²) in [5, 5.41) is 7.99. The van der Waals surface area contributed by atoms with Crippen LogP contribution in [0.3, 0.4) is 0 Å². The fourth-order valence-corrected chi connectivity index (χ4v) is 3.05. The van der Waals surface area contributed by atoms with E-state index >= 15 is 0 Å². The number of nitrogens with one attached hydrogen (secondary N) is 1. The van der Waals surface area contributed by atoms with Crippen LogP contribution in [0.5, 0.6) is 0 Å². The van der Waals surface area contributed by atoms with Gasteiger partial charge in [0.1, 0.15) is 9.84 Å². The molecule has 0 aliphatic heterocycles. The summed E-state index contributed by atoms with van der Waals surface area (Å²) in [6, 6.07) is 0.195. The molecule has 0 saturated carbocycles. The van der Waals surface area contributed by atoms with Crippen molar-refractivity contribution in [3.05, 3.63) is 17.5 Å². The maximum absolute atomic E-state index is 11.3. The zero-order chi connectivity index (χ0) is 15.2. The van der Waals surface area contributed by atoms with Gasteiger partial charge in [0.2, 0.25) is 0 Å². The molecular formula is C14H27N3O2S. The van der Waals surface area contributed by atoms with Crippen molar-refractivity contribution in [2.75, 3.05) is 18.6 Å². The third-order valence-corrected chi connectivity index (χ3v) is 4.33. The molecule has 6 heteroatoms. The first kappa shape index (κ1) is 17.2. The van der Waals surface area contributed by atoms with Gasteiger partial charge < -0.3 is 5.32 Å². The maximum Gasteiger partial charge on any atom is 0.147 e. The van der Waals surface area contributed by atoms with Gasteiger partial charge in [0, 0.05) is 36.9 Å². The molecule has 1 atom stereocenters. The summed E-state index contributed by atoms with van der Waals surface area (Å²) in [5.41, 5.74) is 2.30. The molecule has 0 saturated heterocycles. The zero-order valence-corrected chi connectivity index (χ0v) is 13.8. The summed E-state index contributed by atoms with van der Waals surface area (Å²) >= 11 is 0. The first-order chi connectivity index (χ1) is 9.37. The van der Waals surface area contributed by atoms with Crippen LogP contribution in [0.1, 0.15) is 50.4 Å². The Morgan fingerprint density at radius 2 is 2.10 bits per heavy atom. The number of rotatable bonds is 9. The first-order valence-electron chi connectivity index (χ1n) is 7.30. The topological polar surface area (TPSA) is 64.0 Å². The van der Waals surface area contributed by atoms with Gasteiger partial charge >= 0.3 is 0 Å². The fourth-order valence-electron chi connectivity index (χ4n) is 2.35. The highest BCUT2D eigenvalue weighted by Crippen LogP contribution is 2.22. The van der Waals surface area contributed by atoms with Crippen LogP contribution in [0.4, 0.5) is 0 Å². The minimum atomic E-state index is -2.88. The van der Waals surface area contributed by atoms with Crippen LogP contribution in [0, 0.1) is 0 Å². The summed E-state index contributed by atoms with van der Waals surface area (Å²) in [5.74, 6) is 0.249. The highest BCUT2D eigenvalue weighted by atomic mass is 32.2. The average Bonchev–Trinajstić information content (AvgIpc) is 2.73. The quantitative estimate of drug-likeness (QED) is 0.756. The molecule has 0 aliphatic rings. The van der Waals surface area contributed by atoms with Crippen LogP contribution >= 0.6 is 0 Å². The predicted octanol–water partition coefficient (Wildman–Crippen LogP) is 1.85. The van der Waals surface area contributed by atoms with E-state index < -0.39 is 9.84 Å². The molecule has 1 N–H and O–H groups in total. The van der Waals surface area contributed by atoms with Gasteiger partial charge in [-0.25, -0.2) is 8.42 Å². The molecule has 0 bridgehead atoms. The molecule has 20 heavy (non-hydrogen) atoms. The van der Waals surface area contributed by atoms with E-state index in [0.29, 0.717) is 6.42 Å². The number of sulfone groups is 1. The third-order valence-electron chi connectivity index (χ3n) is 3.30. The molecule has 0 fully saturated rings. The molecule has 0 radical (unpaired) electrons. The van der Waals surface area contributed by atoms with E-state index in [4.69, 9.17) is 0 Å². The Bertz CT molecular complexity index is 508. The number of hydrogen-bond acceptors (Lipinski definition) is 4. The van der Waals surface area contributed by atoms with E-state index in [9.17, 15) is 8.42 Å². The first-order valence-corrected chi connectivity index (χ1v) is 9.37. The maximum atomic E-state index is 11.3. The SMILES string of the molecule is CCCNC(CCCS(C)(=O)=O)c1cn(C)nc1CC. The van der Waals surface area contributed by atoms with Gasteiger partial charge in [0.25, 0.3) is 0 Å². The lowest BCUT2D eigenvalue weighted by Gasteiger charge is -2.18. The van der Waals surface area contributed by atoms with Gasteiger partial charge in [-0.2, -0.15) is 5.10 Å². The minimum absolute atomic E-state index is 0.195. The molecule has 1 unspecified atom stereocenters. The van der Waals surface area contributed by atoms with Crippen LogP contribution in [-0.4, -0.2) is 36.8 Å². The molecule has 1 rings (SSSR count). The van der Waals surface area contributed by atoms with Crippen molar-refractivity contribution in [3.8, 4) is 0 Å². The van der Waals surface area contributed by atoms with E-state index in [0.717, 1.165) is 31.5 Å². The van der Waals surface area contributed by atoms with Gasteiger partial charge in [-0.05, 0) is 32.2 Å². The normalized spacial score (nSPS) is 13.6. The molecule has 1 aromatic heterocycles. The van der Waals surface area contributed by atoms with Crippen LogP contribution < -0.4 is 5.32 Å². The number of nitrogens with zero attached hydrogens (tertiary/aromatic N) is 2. The number of hydrogen-bond donors (Lipinski definition) is 1. The van der Waals surface area contributed by atoms with Crippen molar-refractivity contribution in [3.63, 3.8) is 0 Å². The van der Waals surface area contributed by atoms with E-state index in [2.05, 4.69) is 24.3 Å². The van der Waals surface area contributed by atoms with Crippen LogP contribution in [0.2, 0.25) is 0 Å². The Kier molecular flexibility index (Phi) is 6.68. The lowest BCUT2D eigenvalue weighted by molar-refractivity contribution is 0.489. The van der Waals surface area contributed by atoms with E-state index in [1.807, 2.05) is 17.9 Å². The summed E-state index contributed by atoms with van der Waals surface area (Å²) in [6.45, 7) is 5.16. The predicted molar refractivity (Wildman–Crippen MR) is 82.6 cm³/mol. The van der Waals surface area contributed by atoms with Gasteiger partial charge in [0.15, 0.2) is 0 Å². The van der Waals surface area contributed by atoms with Crippen molar-refractivity contribution in [1.29, 1.82) is 0 Å². The molecule has 0 spiro atoms. The number of aryl methyl sites for hydroxylation is 2. The molecule has 5 nitrogen and oxygen atoms in total. The van der Waals surface area contributed by atoms with Crippen molar-refractivity contribution < 1.29 is 8.42 Å². The third kappa shape index (κ3) is 5.63. The smallest absolute Gasteiger partial charge is 0.147 e. The Balaban J connectivity index is 2.77. The molecule has 116 valence electrons. The van der Waals surface area contributed by atoms with Gasteiger partial charge in [-0.1, -0.05) is 13.8 Å². The largest absolute Gasteiger partial charge is 0.310 e. The molecule has 1 aromatic rings. The van der Waals surface area contributed by atoms with Gasteiger partial charge in [0.05, 0.1) is 5.69 Å². The van der Waals surface area contributed by atoms with Crippen molar-refractivity contribution in [2.45, 2.75) is 45.6 Å². The highest BCUT2D eigenvalue weighted by Gasteiger charge is 2.17. The lowest BCUT2D eigenvalue weighted by atomic mass is 10.0. The summed E-state index contributed by atoms with van der Waals surface area (Å²) in [6.07, 6.45) is 6.80. The van der Waals surface area contributed by atoms with Crippen molar-refractivity contribution in [1.82, 2.24) is 15.1 Å². The fraction of sp³-hybridized carbons (Fsp3) is 0.786. The second-order valence-corrected chi connectivity index (χ2v) is 7.60. The molecule has 1 heterocycles. The molecule has 0 aromatic carbocycles. The van der Waals surface area contributed by atoms with Crippen LogP contribution in [-0.2, 0) is 23.3 Å². The standard InChI is InChI=1S/C14H27N3O2S/c1-5-9-15-14(8-7-10-20(4,18)19)12-11-17(3)16-13(12)6-2/h11,14-15H,5-10H2,1-4H3. The van der Waals surface area contributed by atoms with Crippen molar-refractivity contribution in [2.24, 2.45) is 7.05 Å². The molecule has 0 amide bonds. The molecule has 0 aliphatic carbocycles. The summed E-state index contributed by atoms with van der Waals surface area (Å²) < 4.78 is 24.3. The lowest BCUT2D eigenvalue weighted by Crippen LogP contribution is -2.23. The summed E-state index contributed by atoms with van der Waals surface area (Å²) in [7, 11) is -0.955. The minimum Gasteiger partial charge on any atom is -0.310 e. The number of aromatic nitrogens is 2. The van der Waals surface area contributed by atoms with E-state index in [1.165, 1.54) is 11.8 Å². The average molecular weight is 301 g/mol. The second-order valence-electron chi connectivity index (χ2n) is 5.34. The van der Waals surface area contributed by atoms with Crippen molar-refractivity contribution >= 4 is 9.84 Å². The second kappa shape index (κ2) is 7.78.